The number of aryl methyl sites for hydroxylation is 1. The Kier molecular flexibility index (Phi) is 5.98. The highest BCUT2D eigenvalue weighted by atomic mass is 32.3. The SMILES string of the molecule is CC(CCc1ccccc1)S(C)(C)CCC(C)(C)C. The number of rotatable bonds is 6. The van der Waals surface area contributed by atoms with E-state index in [-0.39, 0.29) is 0 Å². The summed E-state index contributed by atoms with van der Waals surface area (Å²) >= 11 is 0. The lowest BCUT2D eigenvalue weighted by Crippen LogP contribution is -2.20. The van der Waals surface area contributed by atoms with Gasteiger partial charge in [0, 0.05) is 0 Å². The number of hydrogen-bond acceptors (Lipinski definition) is 0. The molecule has 0 aliphatic heterocycles. The lowest BCUT2D eigenvalue weighted by atomic mass is 9.94. The minimum atomic E-state index is -0.464. The van der Waals surface area contributed by atoms with E-state index in [0.29, 0.717) is 5.41 Å². The van der Waals surface area contributed by atoms with E-state index in [1.54, 1.807) is 0 Å². The molecule has 0 radical (unpaired) electrons. The molecule has 1 aromatic carbocycles. The van der Waals surface area contributed by atoms with Crippen LogP contribution >= 0.6 is 10.0 Å². The zero-order valence-corrected chi connectivity index (χ0v) is 14.5. The Hall–Kier alpha value is -0.430. The zero-order valence-electron chi connectivity index (χ0n) is 13.7. The first-order chi connectivity index (χ1) is 8.71. The molecular formula is C18H32S. The van der Waals surface area contributed by atoms with Gasteiger partial charge in [0.05, 0.1) is 0 Å². The maximum atomic E-state index is 2.52. The van der Waals surface area contributed by atoms with Gasteiger partial charge in [-0.15, -0.1) is 0 Å². The van der Waals surface area contributed by atoms with Gasteiger partial charge in [-0.2, -0.15) is 0 Å². The monoisotopic (exact) mass is 280 g/mol. The van der Waals surface area contributed by atoms with E-state index in [4.69, 9.17) is 0 Å². The van der Waals surface area contributed by atoms with Crippen LogP contribution in [0.15, 0.2) is 30.3 Å². The van der Waals surface area contributed by atoms with Gasteiger partial charge in [-0.3, -0.25) is 0 Å². The van der Waals surface area contributed by atoms with Crippen molar-refractivity contribution in [3.05, 3.63) is 35.9 Å². The second kappa shape index (κ2) is 6.83. The Balaban J connectivity index is 2.45. The summed E-state index contributed by atoms with van der Waals surface area (Å²) in [5.74, 6) is 1.41. The molecule has 1 rings (SSSR count). The van der Waals surface area contributed by atoms with Gasteiger partial charge < -0.3 is 0 Å². The third-order valence-corrected chi connectivity index (χ3v) is 7.82. The highest BCUT2D eigenvalue weighted by molar-refractivity contribution is 8.33. The standard InChI is InChI=1S/C18H32S/c1-16(12-13-17-10-8-7-9-11-17)19(5,6)15-14-18(2,3)4/h7-11,16H,12-15H2,1-6H3. The molecular weight excluding hydrogens is 248 g/mol. The summed E-state index contributed by atoms with van der Waals surface area (Å²) in [5, 5.41) is 0.857. The van der Waals surface area contributed by atoms with Crippen LogP contribution in [0.25, 0.3) is 0 Å². The Bertz CT molecular complexity index is 359. The van der Waals surface area contributed by atoms with Crippen molar-refractivity contribution < 1.29 is 0 Å². The van der Waals surface area contributed by atoms with E-state index < -0.39 is 10.0 Å². The fourth-order valence-electron chi connectivity index (χ4n) is 2.10. The average Bonchev–Trinajstić information content (AvgIpc) is 2.34. The minimum Gasteiger partial charge on any atom is -0.244 e. The first-order valence-corrected chi connectivity index (χ1v) is 10.1. The van der Waals surface area contributed by atoms with Crippen molar-refractivity contribution in [1.82, 2.24) is 0 Å². The van der Waals surface area contributed by atoms with Crippen LogP contribution in [0, 0.1) is 5.41 Å². The van der Waals surface area contributed by atoms with Crippen LogP contribution in [0.2, 0.25) is 0 Å². The number of hydrogen-bond donors (Lipinski definition) is 0. The molecule has 1 unspecified atom stereocenters. The molecule has 1 atom stereocenters. The molecule has 0 nitrogen and oxygen atoms in total. The summed E-state index contributed by atoms with van der Waals surface area (Å²) in [7, 11) is -0.464. The van der Waals surface area contributed by atoms with Crippen LogP contribution in [-0.4, -0.2) is 23.5 Å². The predicted molar refractivity (Wildman–Crippen MR) is 92.6 cm³/mol. The summed E-state index contributed by atoms with van der Waals surface area (Å²) in [6, 6.07) is 10.9. The van der Waals surface area contributed by atoms with E-state index in [0.717, 1.165) is 5.25 Å². The van der Waals surface area contributed by atoms with Gasteiger partial charge in [-0.05, 0) is 53.8 Å². The lowest BCUT2D eigenvalue weighted by molar-refractivity contribution is 0.400. The maximum absolute atomic E-state index is 2.52. The summed E-state index contributed by atoms with van der Waals surface area (Å²) < 4.78 is 0. The molecule has 0 aliphatic carbocycles. The van der Waals surface area contributed by atoms with Gasteiger partial charge in [0.15, 0.2) is 0 Å². The Labute approximate surface area is 122 Å². The van der Waals surface area contributed by atoms with Crippen LogP contribution in [0.1, 0.15) is 46.1 Å². The van der Waals surface area contributed by atoms with E-state index in [9.17, 15) is 0 Å². The fourth-order valence-corrected chi connectivity index (χ4v) is 4.40. The Morgan fingerprint density at radius 2 is 1.63 bits per heavy atom. The minimum absolute atomic E-state index is 0.464. The lowest BCUT2D eigenvalue weighted by Gasteiger charge is -2.40. The molecule has 1 aromatic rings. The van der Waals surface area contributed by atoms with E-state index in [1.165, 1.54) is 30.6 Å². The van der Waals surface area contributed by atoms with Gasteiger partial charge in [-0.25, -0.2) is 10.0 Å². The van der Waals surface area contributed by atoms with Crippen molar-refractivity contribution in [3.8, 4) is 0 Å². The maximum Gasteiger partial charge on any atom is -0.0142 e. The van der Waals surface area contributed by atoms with Gasteiger partial charge in [0.25, 0.3) is 0 Å². The largest absolute Gasteiger partial charge is 0.244 e. The first-order valence-electron chi connectivity index (χ1n) is 7.44. The third kappa shape index (κ3) is 6.51. The van der Waals surface area contributed by atoms with Crippen molar-refractivity contribution in [3.63, 3.8) is 0 Å². The van der Waals surface area contributed by atoms with Gasteiger partial charge in [-0.1, -0.05) is 58.0 Å². The molecule has 0 fully saturated rings. The van der Waals surface area contributed by atoms with Crippen LogP contribution in [-0.2, 0) is 6.42 Å². The highest BCUT2D eigenvalue weighted by Crippen LogP contribution is 2.48. The summed E-state index contributed by atoms with van der Waals surface area (Å²) in [5.41, 5.74) is 1.96. The van der Waals surface area contributed by atoms with Crippen molar-refractivity contribution in [2.45, 2.75) is 52.2 Å². The molecule has 0 heterocycles. The van der Waals surface area contributed by atoms with Gasteiger partial charge in [0.1, 0.15) is 0 Å². The van der Waals surface area contributed by atoms with Crippen LogP contribution in [0.3, 0.4) is 0 Å². The Morgan fingerprint density at radius 3 is 2.16 bits per heavy atom. The van der Waals surface area contributed by atoms with Crippen LogP contribution in [0.5, 0.6) is 0 Å². The van der Waals surface area contributed by atoms with E-state index in [2.05, 4.69) is 70.5 Å². The molecule has 0 aliphatic rings. The van der Waals surface area contributed by atoms with E-state index >= 15 is 0 Å². The molecule has 19 heavy (non-hydrogen) atoms. The normalized spacial score (nSPS) is 15.3. The van der Waals surface area contributed by atoms with Crippen molar-refractivity contribution in [2.24, 2.45) is 5.41 Å². The molecule has 0 aromatic heterocycles. The highest BCUT2D eigenvalue weighted by Gasteiger charge is 2.22. The van der Waals surface area contributed by atoms with Crippen molar-refractivity contribution in [1.29, 1.82) is 0 Å². The second-order valence-electron chi connectivity index (χ2n) is 7.47. The van der Waals surface area contributed by atoms with Gasteiger partial charge >= 0.3 is 0 Å². The molecule has 0 saturated heterocycles. The molecule has 0 N–H and O–H groups in total. The molecule has 110 valence electrons. The molecule has 0 bridgehead atoms. The first kappa shape index (κ1) is 16.6. The molecule has 0 amide bonds. The van der Waals surface area contributed by atoms with Crippen molar-refractivity contribution >= 4 is 10.0 Å². The zero-order chi connectivity index (χ0) is 14.5. The quantitative estimate of drug-likeness (QED) is 0.644. The third-order valence-electron chi connectivity index (χ3n) is 4.15. The fraction of sp³-hybridized carbons (Fsp3) is 0.667. The smallest absolute Gasteiger partial charge is 0.0142 e. The summed E-state index contributed by atoms with van der Waals surface area (Å²) in [6.45, 7) is 9.53. The predicted octanol–water partition coefficient (Wildman–Crippen LogP) is 5.51. The molecule has 0 saturated carbocycles. The summed E-state index contributed by atoms with van der Waals surface area (Å²) in [4.78, 5) is 0. The van der Waals surface area contributed by atoms with E-state index in [1.807, 2.05) is 0 Å². The Morgan fingerprint density at radius 1 is 1.05 bits per heavy atom. The van der Waals surface area contributed by atoms with Crippen LogP contribution in [0.4, 0.5) is 0 Å². The van der Waals surface area contributed by atoms with Crippen molar-refractivity contribution in [2.75, 3.05) is 18.3 Å². The second-order valence-corrected chi connectivity index (χ2v) is 11.9. The summed E-state index contributed by atoms with van der Waals surface area (Å²) in [6.07, 6.45) is 8.96. The number of benzene rings is 1. The van der Waals surface area contributed by atoms with Crippen LogP contribution < -0.4 is 0 Å². The molecule has 0 spiro atoms. The topological polar surface area (TPSA) is 0 Å². The van der Waals surface area contributed by atoms with Gasteiger partial charge in [0.2, 0.25) is 0 Å². The molecule has 1 heteroatoms. The average molecular weight is 281 g/mol.